The van der Waals surface area contributed by atoms with Gasteiger partial charge < -0.3 is 15.2 Å². The lowest BCUT2D eigenvalue weighted by Gasteiger charge is -2.41. The summed E-state index contributed by atoms with van der Waals surface area (Å²) in [5, 5.41) is 9.82. The van der Waals surface area contributed by atoms with Crippen LogP contribution in [0, 0.1) is 0 Å². The molecule has 160 valence electrons. The second-order valence-electron chi connectivity index (χ2n) is 8.12. The van der Waals surface area contributed by atoms with E-state index in [2.05, 4.69) is 20.4 Å². The molecule has 4 heterocycles. The number of hydrogen-bond donors (Lipinski definition) is 2. The molecule has 0 aliphatic heterocycles. The quantitative estimate of drug-likeness (QED) is 0.477. The zero-order valence-corrected chi connectivity index (χ0v) is 19.0. The first-order valence-electron chi connectivity index (χ1n) is 9.99. The van der Waals surface area contributed by atoms with Crippen molar-refractivity contribution in [3.05, 3.63) is 40.9 Å². The molecule has 1 aliphatic carbocycles. The van der Waals surface area contributed by atoms with Gasteiger partial charge in [0.1, 0.15) is 10.7 Å². The number of nitrogens with zero attached hydrogens (tertiary/aromatic N) is 5. The van der Waals surface area contributed by atoms with Crippen LogP contribution in [0.15, 0.2) is 30.9 Å². The fourth-order valence-corrected chi connectivity index (χ4v) is 5.37. The van der Waals surface area contributed by atoms with E-state index < -0.39 is 5.54 Å². The number of rotatable bonds is 4. The fourth-order valence-electron chi connectivity index (χ4n) is 3.87. The van der Waals surface area contributed by atoms with Gasteiger partial charge in [0.05, 0.1) is 27.3 Å². The number of halogens is 1. The minimum Gasteiger partial charge on any atom is -0.339 e. The maximum atomic E-state index is 12.3. The predicted molar refractivity (Wildman–Crippen MR) is 122 cm³/mol. The average molecular weight is 456 g/mol. The summed E-state index contributed by atoms with van der Waals surface area (Å²) in [7, 11) is 5.37. The topological polar surface area (TPSA) is 91.7 Å². The van der Waals surface area contributed by atoms with Crippen LogP contribution in [0.25, 0.3) is 32.7 Å². The molecule has 0 spiro atoms. The summed E-state index contributed by atoms with van der Waals surface area (Å²) >= 11 is 8.18. The van der Waals surface area contributed by atoms with Crippen molar-refractivity contribution in [3.63, 3.8) is 0 Å². The first-order valence-corrected chi connectivity index (χ1v) is 11.2. The molecule has 2 N–H and O–H groups in total. The molecule has 0 bridgehead atoms. The van der Waals surface area contributed by atoms with Crippen LogP contribution in [0.4, 0.5) is 4.79 Å². The normalized spacial score (nSPS) is 15.1. The third-order valence-corrected chi connectivity index (χ3v) is 7.25. The number of H-pyrrole nitrogens is 1. The number of nitrogens with one attached hydrogen (secondary N) is 2. The number of pyridine rings is 1. The van der Waals surface area contributed by atoms with Gasteiger partial charge in [-0.1, -0.05) is 11.6 Å². The Morgan fingerprint density at radius 3 is 2.74 bits per heavy atom. The molecule has 0 radical (unpaired) electrons. The van der Waals surface area contributed by atoms with Gasteiger partial charge in [-0.05, 0) is 25.3 Å². The van der Waals surface area contributed by atoms with Gasteiger partial charge in [0.2, 0.25) is 0 Å². The van der Waals surface area contributed by atoms with Crippen LogP contribution in [-0.4, -0.2) is 49.8 Å². The molecule has 0 saturated heterocycles. The van der Waals surface area contributed by atoms with Crippen LogP contribution in [-0.2, 0) is 12.6 Å². The maximum absolute atomic E-state index is 12.3. The van der Waals surface area contributed by atoms with Gasteiger partial charge in [-0.25, -0.2) is 14.8 Å². The van der Waals surface area contributed by atoms with Crippen molar-refractivity contribution in [2.75, 3.05) is 14.1 Å². The lowest BCUT2D eigenvalue weighted by molar-refractivity contribution is 0.161. The van der Waals surface area contributed by atoms with Crippen molar-refractivity contribution in [2.24, 2.45) is 7.05 Å². The summed E-state index contributed by atoms with van der Waals surface area (Å²) in [5.41, 5.74) is 3.16. The third-order valence-electron chi connectivity index (χ3n) is 5.75. The highest BCUT2D eigenvalue weighted by molar-refractivity contribution is 7.15. The van der Waals surface area contributed by atoms with Crippen molar-refractivity contribution < 1.29 is 4.79 Å². The van der Waals surface area contributed by atoms with Gasteiger partial charge in [-0.2, -0.15) is 5.10 Å². The number of aromatic amines is 1. The van der Waals surface area contributed by atoms with E-state index in [-0.39, 0.29) is 6.03 Å². The zero-order chi connectivity index (χ0) is 21.8. The molecular weight excluding hydrogens is 434 g/mol. The minimum atomic E-state index is -0.401. The van der Waals surface area contributed by atoms with Crippen LogP contribution in [0.1, 0.15) is 24.3 Å². The molecular formula is C21H22ClN7OS. The Bertz CT molecular complexity index is 1280. The minimum absolute atomic E-state index is 0.104. The van der Waals surface area contributed by atoms with Gasteiger partial charge in [-0.3, -0.25) is 4.68 Å². The maximum Gasteiger partial charge on any atom is 0.317 e. The Labute approximate surface area is 188 Å². The molecule has 1 aliphatic rings. The average Bonchev–Trinajstić information content (AvgIpc) is 3.43. The summed E-state index contributed by atoms with van der Waals surface area (Å²) in [5.74, 6) is 0. The van der Waals surface area contributed by atoms with Crippen LogP contribution in [0.5, 0.6) is 0 Å². The van der Waals surface area contributed by atoms with E-state index in [4.69, 9.17) is 16.6 Å². The molecule has 2 amide bonds. The highest BCUT2D eigenvalue weighted by atomic mass is 35.5. The monoisotopic (exact) mass is 455 g/mol. The number of amides is 2. The van der Waals surface area contributed by atoms with E-state index in [0.717, 1.165) is 57.0 Å². The standard InChI is InChI=1S/C21H22ClN7OS/c1-28(2)20(30)27-21(5-4-6-21)19-24-10-16(31-19)17-13-7-15(12-8-25-29(3)11-12)26-18(13)23-9-14(17)22/h7-11H,4-6H2,1-3H3,(H,23,26)(H,27,30). The second kappa shape index (κ2) is 7.35. The Morgan fingerprint density at radius 1 is 1.29 bits per heavy atom. The van der Waals surface area contributed by atoms with Gasteiger partial charge >= 0.3 is 6.03 Å². The number of urea groups is 1. The van der Waals surface area contributed by atoms with Gasteiger partial charge in [0.25, 0.3) is 0 Å². The molecule has 10 heteroatoms. The first-order chi connectivity index (χ1) is 14.9. The second-order valence-corrected chi connectivity index (χ2v) is 9.56. The van der Waals surface area contributed by atoms with Crippen LogP contribution < -0.4 is 5.32 Å². The predicted octanol–water partition coefficient (Wildman–Crippen LogP) is 4.39. The van der Waals surface area contributed by atoms with Gasteiger partial charge in [-0.15, -0.1) is 11.3 Å². The lowest BCUT2D eigenvalue weighted by atomic mass is 9.77. The largest absolute Gasteiger partial charge is 0.339 e. The van der Waals surface area contributed by atoms with Crippen LogP contribution in [0.3, 0.4) is 0 Å². The summed E-state index contributed by atoms with van der Waals surface area (Å²) in [6.07, 6.45) is 10.1. The number of hydrogen-bond acceptors (Lipinski definition) is 5. The molecule has 4 aromatic rings. The Hall–Kier alpha value is -2.91. The van der Waals surface area contributed by atoms with Crippen molar-refractivity contribution in [3.8, 4) is 21.7 Å². The Morgan fingerprint density at radius 2 is 2.10 bits per heavy atom. The number of carbonyl (C=O) groups is 1. The van der Waals surface area contributed by atoms with E-state index in [1.165, 1.54) is 0 Å². The van der Waals surface area contributed by atoms with E-state index in [9.17, 15) is 4.79 Å². The van der Waals surface area contributed by atoms with E-state index in [1.54, 1.807) is 41.2 Å². The molecule has 31 heavy (non-hydrogen) atoms. The number of aryl methyl sites for hydroxylation is 1. The molecule has 1 saturated carbocycles. The molecule has 8 nitrogen and oxygen atoms in total. The first kappa shape index (κ1) is 20.0. The summed E-state index contributed by atoms with van der Waals surface area (Å²) < 4.78 is 1.76. The van der Waals surface area contributed by atoms with E-state index in [0.29, 0.717) is 5.02 Å². The van der Waals surface area contributed by atoms with Crippen molar-refractivity contribution in [1.29, 1.82) is 0 Å². The van der Waals surface area contributed by atoms with Gasteiger partial charge in [0.15, 0.2) is 0 Å². The number of fused-ring (bicyclic) bond motifs is 1. The molecule has 5 rings (SSSR count). The van der Waals surface area contributed by atoms with Crippen molar-refractivity contribution in [1.82, 2.24) is 34.9 Å². The van der Waals surface area contributed by atoms with Crippen LogP contribution >= 0.6 is 22.9 Å². The van der Waals surface area contributed by atoms with Crippen molar-refractivity contribution in [2.45, 2.75) is 24.8 Å². The number of carbonyl (C=O) groups excluding carboxylic acids is 1. The lowest BCUT2D eigenvalue weighted by Crippen LogP contribution is -2.53. The fraction of sp³-hybridized carbons (Fsp3) is 0.333. The smallest absolute Gasteiger partial charge is 0.317 e. The summed E-state index contributed by atoms with van der Waals surface area (Å²) in [6, 6.07) is 1.94. The van der Waals surface area contributed by atoms with E-state index >= 15 is 0 Å². The van der Waals surface area contributed by atoms with Crippen LogP contribution in [0.2, 0.25) is 5.02 Å². The SMILES string of the molecule is CN(C)C(=O)NC1(c2ncc(-c3c(Cl)cnc4[nH]c(-c5cnn(C)c5)cc34)s2)CCC1. The highest BCUT2D eigenvalue weighted by Gasteiger charge is 2.43. The molecule has 0 aromatic carbocycles. The Kier molecular flexibility index (Phi) is 4.75. The van der Waals surface area contributed by atoms with Gasteiger partial charge in [0, 0.05) is 56.2 Å². The number of aromatic nitrogens is 5. The third kappa shape index (κ3) is 3.37. The summed E-state index contributed by atoms with van der Waals surface area (Å²) in [4.78, 5) is 27.4. The molecule has 0 unspecified atom stereocenters. The zero-order valence-electron chi connectivity index (χ0n) is 17.4. The molecule has 0 atom stereocenters. The molecule has 1 fully saturated rings. The van der Waals surface area contributed by atoms with Crippen molar-refractivity contribution >= 4 is 40.0 Å². The van der Waals surface area contributed by atoms with E-state index in [1.807, 2.05) is 31.7 Å². The summed E-state index contributed by atoms with van der Waals surface area (Å²) in [6.45, 7) is 0. The highest BCUT2D eigenvalue weighted by Crippen LogP contribution is 2.46. The molecule has 4 aromatic heterocycles. The number of thiazole rings is 1. The Balaban J connectivity index is 1.56.